The number of hydrogen-bond donors (Lipinski definition) is 25. The van der Waals surface area contributed by atoms with Gasteiger partial charge in [-0.25, -0.2) is 0 Å². The van der Waals surface area contributed by atoms with E-state index in [4.69, 9.17) is 71.1 Å². The van der Waals surface area contributed by atoms with Gasteiger partial charge >= 0.3 is 17.9 Å². The molecule has 0 bridgehead atoms. The molecule has 0 aliphatic carbocycles. The van der Waals surface area contributed by atoms with Crippen molar-refractivity contribution in [3.8, 4) is 0 Å². The van der Waals surface area contributed by atoms with Crippen molar-refractivity contribution in [2.24, 2.45) is 39.4 Å². The lowest BCUT2D eigenvalue weighted by Crippen LogP contribution is -2.66. The van der Waals surface area contributed by atoms with Gasteiger partial charge in [0.1, 0.15) is 177 Å². The average Bonchev–Trinajstić information content (AvgIpc) is 0.784. The molecule has 43 heteroatoms. The Bertz CT molecular complexity index is 3050. The summed E-state index contributed by atoms with van der Waals surface area (Å²) in [6.07, 6.45) is -53.7. The number of aliphatic hydroxyl groups excluding tert-OH is 25. The number of carbonyl (C=O) groups is 3. The zero-order chi connectivity index (χ0) is 92.9. The lowest BCUT2D eigenvalue weighted by Gasteiger charge is -2.49. The number of hydrogen-bond acceptors (Lipinski definition) is 43. The van der Waals surface area contributed by atoms with Gasteiger partial charge < -0.3 is 199 Å². The van der Waals surface area contributed by atoms with Crippen LogP contribution in [-0.2, 0) is 85.4 Å². The molecule has 0 aromatic carbocycles. The van der Waals surface area contributed by atoms with Gasteiger partial charge in [0.15, 0.2) is 43.5 Å². The van der Waals surface area contributed by atoms with Crippen LogP contribution in [0.3, 0.4) is 0 Å². The van der Waals surface area contributed by atoms with Gasteiger partial charge in [-0.2, -0.15) is 0 Å². The van der Waals surface area contributed by atoms with Crippen LogP contribution in [-0.4, -0.2) is 443 Å². The van der Waals surface area contributed by atoms with Crippen LogP contribution in [0.4, 0.5) is 0 Å². The number of rotatable bonds is 25. The van der Waals surface area contributed by atoms with Crippen molar-refractivity contribution in [1.29, 1.82) is 0 Å². The SMILES string of the molecule is CC(C)(C)C1OC(CO)C(OC2OC(CO)C(O)C(O)C2O)C(O)C1O.CC(C)CC(=O)OC1C(CO)OC(OC2C(CO)OC(C(C)(C)C)C(O)C2O)C(O)C1O.CC(C)CC(=O)OC1C(O)C(CO)OC(OC2C(CO)OC(C(C)(C)C)C(O)C2O)C1O.CC(C)CC(=O)OC1C(OC2C(CO)OC(C(C)(C)C)C(O)C2O)OC(CO)C(O)C1O. The topological polar surface area (TPSA) is 695 Å². The van der Waals surface area contributed by atoms with Crippen molar-refractivity contribution in [3.63, 3.8) is 0 Å². The summed E-state index contributed by atoms with van der Waals surface area (Å²) in [6, 6.07) is 0. The molecule has 0 aromatic rings. The zero-order valence-corrected chi connectivity index (χ0v) is 72.6. The summed E-state index contributed by atoms with van der Waals surface area (Å²) in [7, 11) is 0. The fourth-order valence-corrected chi connectivity index (χ4v) is 15.2. The second kappa shape index (κ2) is 47.1. The van der Waals surface area contributed by atoms with E-state index in [2.05, 4.69) is 0 Å². The van der Waals surface area contributed by atoms with Gasteiger partial charge in [-0.3, -0.25) is 14.4 Å². The van der Waals surface area contributed by atoms with E-state index in [1.807, 2.05) is 13.8 Å². The van der Waals surface area contributed by atoms with Crippen LogP contribution in [0.1, 0.15) is 144 Å². The zero-order valence-electron chi connectivity index (χ0n) is 72.6. The highest BCUT2D eigenvalue weighted by Crippen LogP contribution is 2.42. The third-order valence-electron chi connectivity index (χ3n) is 21.9. The number of esters is 3. The highest BCUT2D eigenvalue weighted by Gasteiger charge is 2.59. The van der Waals surface area contributed by atoms with Crippen LogP contribution >= 0.6 is 0 Å². The molecule has 0 radical (unpaired) electrons. The van der Waals surface area contributed by atoms with Crippen LogP contribution < -0.4 is 0 Å². The molecule has 718 valence electrons. The molecule has 8 aliphatic rings. The van der Waals surface area contributed by atoms with Crippen molar-refractivity contribution >= 4 is 17.9 Å². The minimum absolute atomic E-state index is 0.00397. The van der Waals surface area contributed by atoms with Gasteiger partial charge in [-0.15, -0.1) is 0 Å². The molecule has 122 heavy (non-hydrogen) atoms. The molecule has 0 saturated carbocycles. The molecule has 0 spiro atoms. The lowest BCUT2D eigenvalue weighted by molar-refractivity contribution is -0.347. The van der Waals surface area contributed by atoms with Crippen LogP contribution in [0.25, 0.3) is 0 Å². The van der Waals surface area contributed by atoms with Gasteiger partial charge in [0, 0.05) is 19.3 Å². The maximum atomic E-state index is 12.2. The van der Waals surface area contributed by atoms with E-state index in [0.29, 0.717) is 0 Å². The molecule has 8 saturated heterocycles. The average molecular weight is 1780 g/mol. The first kappa shape index (κ1) is 109. The number of ether oxygens (including phenoxy) is 15. The predicted octanol–water partition coefficient (Wildman–Crippen LogP) is -8.41. The fourth-order valence-electron chi connectivity index (χ4n) is 15.2. The van der Waals surface area contributed by atoms with E-state index < -0.39 is 337 Å². The van der Waals surface area contributed by atoms with E-state index >= 15 is 0 Å². The fraction of sp³-hybridized carbons (Fsp3) is 0.962. The quantitative estimate of drug-likeness (QED) is 0.0298. The summed E-state index contributed by atoms with van der Waals surface area (Å²) < 4.78 is 83.1. The first-order valence-electron chi connectivity index (χ1n) is 41.3. The molecule has 0 aromatic heterocycles. The Hall–Kier alpha value is -3.07. The molecular formula is C79H144O43. The van der Waals surface area contributed by atoms with Crippen LogP contribution in [0.2, 0.25) is 0 Å². The van der Waals surface area contributed by atoms with Crippen molar-refractivity contribution in [3.05, 3.63) is 0 Å². The standard InChI is InChI=1S/3C21H38O11.C16H30O10/c1-9(2)6-12(24)31-17-11(8-23)30-20(16(28)14(17)26)32-18-10(7-22)29-19(21(3,4)5)15(27)13(18)25;1-9(2)6-12(24)31-18-13(25)10(7-22)30-20(16(18)28)32-17-11(8-23)29-19(21(3,4)5)15(27)14(17)26;1-9(2)6-12(24)31-18-14(26)13(25)10(7-22)30-20(18)32-17-11(8-23)29-19(21(3,4)5)16(28)15(17)27;1-16(2,3)14-11(22)10(21)13(7(5-18)24-14)26-15-12(23)9(20)8(19)6(4-17)25-15/h3*9-11,13-20,22-23,25-28H,6-8H2,1-5H3;6-15,17-23H,4-5H2,1-3H3. The number of aliphatic hydroxyl groups is 25. The molecule has 0 amide bonds. The van der Waals surface area contributed by atoms with Crippen LogP contribution in [0.15, 0.2) is 0 Å². The first-order chi connectivity index (χ1) is 56.5. The molecular weight excluding hydrogens is 1640 g/mol. The summed E-state index contributed by atoms with van der Waals surface area (Å²) >= 11 is 0. The minimum atomic E-state index is -1.71. The molecule has 40 atom stereocenters. The van der Waals surface area contributed by atoms with E-state index in [1.165, 1.54) is 0 Å². The molecule has 40 unspecified atom stereocenters. The maximum absolute atomic E-state index is 12.2. The molecule has 8 aliphatic heterocycles. The Morgan fingerprint density at radius 3 is 0.713 bits per heavy atom. The number of carbonyl (C=O) groups excluding carboxylic acids is 3. The van der Waals surface area contributed by atoms with Crippen molar-refractivity contribution in [2.45, 2.75) is 389 Å². The minimum Gasteiger partial charge on any atom is -0.457 e. The predicted molar refractivity (Wildman–Crippen MR) is 413 cm³/mol. The van der Waals surface area contributed by atoms with Gasteiger partial charge in [-0.05, 0) is 39.4 Å². The third kappa shape index (κ3) is 28.0. The Morgan fingerprint density at radius 1 is 0.230 bits per heavy atom. The largest absolute Gasteiger partial charge is 0.457 e. The van der Waals surface area contributed by atoms with Gasteiger partial charge in [0.2, 0.25) is 0 Å². The monoisotopic (exact) mass is 1780 g/mol. The van der Waals surface area contributed by atoms with Crippen molar-refractivity contribution in [2.75, 3.05) is 52.9 Å². The van der Waals surface area contributed by atoms with E-state index in [0.717, 1.165) is 0 Å². The summed E-state index contributed by atoms with van der Waals surface area (Å²) in [4.78, 5) is 36.4. The van der Waals surface area contributed by atoms with Crippen LogP contribution in [0.5, 0.6) is 0 Å². The van der Waals surface area contributed by atoms with E-state index in [1.54, 1.807) is 111 Å². The Kier molecular flexibility index (Phi) is 42.3. The smallest absolute Gasteiger partial charge is 0.306 e. The summed E-state index contributed by atoms with van der Waals surface area (Å²) in [5.74, 6) is -1.99. The first-order valence-corrected chi connectivity index (χ1v) is 41.3. The lowest BCUT2D eigenvalue weighted by atomic mass is 9.80. The summed E-state index contributed by atoms with van der Waals surface area (Å²) in [5.41, 5.74) is -2.19. The second-order valence-electron chi connectivity index (χ2n) is 37.9. The van der Waals surface area contributed by atoms with Crippen molar-refractivity contribution in [1.82, 2.24) is 0 Å². The maximum Gasteiger partial charge on any atom is 0.306 e. The Balaban J connectivity index is 0.000000290. The van der Waals surface area contributed by atoms with Gasteiger partial charge in [0.25, 0.3) is 0 Å². The summed E-state index contributed by atoms with van der Waals surface area (Å²) in [5, 5.41) is 254. The Labute approximate surface area is 709 Å². The van der Waals surface area contributed by atoms with Gasteiger partial charge in [0.05, 0.1) is 77.3 Å². The molecule has 8 rings (SSSR count). The molecule has 8 fully saturated rings. The van der Waals surface area contributed by atoms with E-state index in [-0.39, 0.29) is 37.0 Å². The third-order valence-corrected chi connectivity index (χ3v) is 21.9. The highest BCUT2D eigenvalue weighted by atomic mass is 16.8. The van der Waals surface area contributed by atoms with E-state index in [9.17, 15) is 142 Å². The molecule has 8 heterocycles. The Morgan fingerprint density at radius 2 is 0.434 bits per heavy atom. The molecule has 25 N–H and O–H groups in total. The highest BCUT2D eigenvalue weighted by molar-refractivity contribution is 5.70. The second-order valence-corrected chi connectivity index (χ2v) is 37.9. The molecule has 43 nitrogen and oxygen atoms in total. The van der Waals surface area contributed by atoms with Crippen LogP contribution in [0, 0.1) is 39.4 Å². The van der Waals surface area contributed by atoms with Crippen molar-refractivity contribution < 1.29 is 213 Å². The normalized spacial score (nSPS) is 42.4. The van der Waals surface area contributed by atoms with Gasteiger partial charge in [-0.1, -0.05) is 125 Å². The summed E-state index contributed by atoms with van der Waals surface area (Å²) in [6.45, 7) is 27.7.